The molecule has 2 aromatic rings. The summed E-state index contributed by atoms with van der Waals surface area (Å²) in [4.78, 5) is 15.6. The lowest BCUT2D eigenvalue weighted by atomic mass is 10.1. The van der Waals surface area contributed by atoms with Crippen LogP contribution in [0.2, 0.25) is 0 Å². The zero-order valence-corrected chi connectivity index (χ0v) is 15.0. The highest BCUT2D eigenvalue weighted by Gasteiger charge is 2.17. The smallest absolute Gasteiger partial charge is 0.405 e. The summed E-state index contributed by atoms with van der Waals surface area (Å²) in [6, 6.07) is 9.20. The Morgan fingerprint density at radius 2 is 2.00 bits per heavy atom. The van der Waals surface area contributed by atoms with Crippen molar-refractivity contribution in [2.45, 2.75) is 25.3 Å². The lowest BCUT2D eigenvalue weighted by Crippen LogP contribution is -2.31. The van der Waals surface area contributed by atoms with E-state index in [1.165, 1.54) is 11.3 Å². The number of benzene rings is 1. The minimum Gasteiger partial charge on any atom is -0.465 e. The van der Waals surface area contributed by atoms with Crippen molar-refractivity contribution in [1.82, 2.24) is 15.0 Å². The molecule has 0 spiro atoms. The summed E-state index contributed by atoms with van der Waals surface area (Å²) >= 11 is 1.45. The zero-order valence-electron chi connectivity index (χ0n) is 13.4. The van der Waals surface area contributed by atoms with Gasteiger partial charge >= 0.3 is 6.09 Å². The van der Waals surface area contributed by atoms with Crippen LogP contribution >= 0.6 is 11.3 Å². The fourth-order valence-corrected chi connectivity index (χ4v) is 3.60. The molecular weight excluding hydrogens is 364 g/mol. The molecule has 0 fully saturated rings. The van der Waals surface area contributed by atoms with Gasteiger partial charge in [-0.25, -0.2) is 19.6 Å². The first-order valence-electron chi connectivity index (χ1n) is 7.63. The van der Waals surface area contributed by atoms with E-state index in [0.29, 0.717) is 25.0 Å². The molecule has 8 nitrogen and oxygen atoms in total. The summed E-state index contributed by atoms with van der Waals surface area (Å²) in [5.41, 5.74) is 1.64. The topological polar surface area (TPSA) is 134 Å². The molecule has 25 heavy (non-hydrogen) atoms. The Bertz CT molecular complexity index is 793. The molecule has 0 aliphatic rings. The minimum atomic E-state index is -3.69. The fourth-order valence-electron chi connectivity index (χ4n) is 2.29. The molecule has 0 aliphatic carbocycles. The summed E-state index contributed by atoms with van der Waals surface area (Å²) in [6.45, 7) is 0.213. The average Bonchev–Trinajstić information content (AvgIpc) is 3.03. The first-order valence-corrected chi connectivity index (χ1v) is 10.1. The Labute approximate surface area is 150 Å². The maximum absolute atomic E-state index is 11.0. The van der Waals surface area contributed by atoms with Crippen molar-refractivity contribution in [2.75, 3.05) is 6.54 Å². The molecule has 1 aromatic carbocycles. The van der Waals surface area contributed by atoms with Crippen LogP contribution in [0.25, 0.3) is 10.6 Å². The van der Waals surface area contributed by atoms with Crippen molar-refractivity contribution >= 4 is 27.6 Å². The number of amides is 1. The summed E-state index contributed by atoms with van der Waals surface area (Å²) in [6.07, 6.45) is 0.550. The van der Waals surface area contributed by atoms with Gasteiger partial charge in [0.1, 0.15) is 5.01 Å². The lowest BCUT2D eigenvalue weighted by molar-refractivity contribution is 0.188. The van der Waals surface area contributed by atoms with Gasteiger partial charge in [-0.15, -0.1) is 11.3 Å². The molecule has 0 radical (unpaired) electrons. The van der Waals surface area contributed by atoms with Crippen LogP contribution in [0.4, 0.5) is 4.79 Å². The van der Waals surface area contributed by atoms with Crippen LogP contribution in [-0.2, 0) is 10.2 Å². The van der Waals surface area contributed by atoms with Gasteiger partial charge in [0.15, 0.2) is 0 Å². The molecule has 1 heterocycles. The molecule has 2 rings (SSSR count). The standard InChI is InChI=1S/C15H20N4O4S2/c16-25(22,23)17-9-5-4-8-12(19-15(20)21)13-10-24-14(18-13)11-6-2-1-3-7-11/h1-3,6-7,10,12,17,19H,4-5,8-9H2,(H,20,21)(H2,16,22,23). The van der Waals surface area contributed by atoms with E-state index >= 15 is 0 Å². The molecule has 0 saturated carbocycles. The number of nitrogens with two attached hydrogens (primary N) is 1. The number of hydrogen-bond acceptors (Lipinski definition) is 5. The molecule has 1 aromatic heterocycles. The van der Waals surface area contributed by atoms with Gasteiger partial charge < -0.3 is 10.4 Å². The molecular formula is C15H20N4O4S2. The van der Waals surface area contributed by atoms with E-state index in [-0.39, 0.29) is 6.54 Å². The summed E-state index contributed by atoms with van der Waals surface area (Å²) < 4.78 is 23.8. The maximum atomic E-state index is 11.0. The molecule has 10 heteroatoms. The summed E-state index contributed by atoms with van der Waals surface area (Å²) in [5, 5.41) is 19.0. The number of nitrogens with zero attached hydrogens (tertiary/aromatic N) is 1. The van der Waals surface area contributed by atoms with E-state index in [1.54, 1.807) is 0 Å². The van der Waals surface area contributed by atoms with E-state index in [4.69, 9.17) is 10.2 Å². The van der Waals surface area contributed by atoms with Gasteiger partial charge in [0.25, 0.3) is 10.2 Å². The maximum Gasteiger partial charge on any atom is 0.405 e. The van der Waals surface area contributed by atoms with Gasteiger partial charge in [0.2, 0.25) is 0 Å². The Morgan fingerprint density at radius 3 is 2.64 bits per heavy atom. The molecule has 136 valence electrons. The van der Waals surface area contributed by atoms with Crippen LogP contribution in [0.5, 0.6) is 0 Å². The van der Waals surface area contributed by atoms with E-state index in [0.717, 1.165) is 10.6 Å². The predicted octanol–water partition coefficient (Wildman–Crippen LogP) is 2.08. The number of carboxylic acid groups (broad SMARTS) is 1. The monoisotopic (exact) mass is 384 g/mol. The number of nitrogens with one attached hydrogen (secondary N) is 2. The van der Waals surface area contributed by atoms with Crippen molar-refractivity contribution in [1.29, 1.82) is 0 Å². The summed E-state index contributed by atoms with van der Waals surface area (Å²) in [5.74, 6) is 0. The third-order valence-electron chi connectivity index (χ3n) is 3.42. The molecule has 1 amide bonds. The van der Waals surface area contributed by atoms with Crippen molar-refractivity contribution in [3.05, 3.63) is 41.4 Å². The van der Waals surface area contributed by atoms with E-state index < -0.39 is 22.3 Å². The lowest BCUT2D eigenvalue weighted by Gasteiger charge is -2.14. The highest BCUT2D eigenvalue weighted by molar-refractivity contribution is 7.87. The predicted molar refractivity (Wildman–Crippen MR) is 96.4 cm³/mol. The van der Waals surface area contributed by atoms with Crippen molar-refractivity contribution in [3.63, 3.8) is 0 Å². The molecule has 0 aliphatic heterocycles. The molecule has 5 N–H and O–H groups in total. The number of thiazole rings is 1. The fraction of sp³-hybridized carbons (Fsp3) is 0.333. The number of rotatable bonds is 9. The van der Waals surface area contributed by atoms with Gasteiger partial charge in [0, 0.05) is 17.5 Å². The van der Waals surface area contributed by atoms with Gasteiger partial charge in [-0.05, 0) is 19.3 Å². The van der Waals surface area contributed by atoms with Gasteiger partial charge in [-0.1, -0.05) is 30.3 Å². The first kappa shape index (κ1) is 19.3. The van der Waals surface area contributed by atoms with Crippen LogP contribution in [0.3, 0.4) is 0 Å². The molecule has 0 bridgehead atoms. The van der Waals surface area contributed by atoms with Crippen molar-refractivity contribution < 1.29 is 18.3 Å². The van der Waals surface area contributed by atoms with Gasteiger partial charge in [-0.3, -0.25) is 0 Å². The number of carbonyl (C=O) groups is 1. The van der Waals surface area contributed by atoms with E-state index in [1.807, 2.05) is 35.7 Å². The van der Waals surface area contributed by atoms with Crippen molar-refractivity contribution in [2.24, 2.45) is 5.14 Å². The SMILES string of the molecule is NS(=O)(=O)NCCCCC(NC(=O)O)c1csc(-c2ccccc2)n1. The minimum absolute atomic E-state index is 0.213. The van der Waals surface area contributed by atoms with Gasteiger partial charge in [0.05, 0.1) is 11.7 Å². The number of unbranched alkanes of at least 4 members (excludes halogenated alkanes) is 1. The summed E-state index contributed by atoms with van der Waals surface area (Å²) in [7, 11) is -3.69. The van der Waals surface area contributed by atoms with Crippen LogP contribution in [0.15, 0.2) is 35.7 Å². The zero-order chi connectivity index (χ0) is 18.3. The van der Waals surface area contributed by atoms with Crippen LogP contribution in [-0.4, -0.2) is 31.1 Å². The quantitative estimate of drug-likeness (QED) is 0.491. The molecule has 0 saturated heterocycles. The second-order valence-electron chi connectivity index (χ2n) is 5.38. The van der Waals surface area contributed by atoms with Crippen LogP contribution in [0.1, 0.15) is 31.0 Å². The third-order valence-corrected chi connectivity index (χ3v) is 4.94. The first-order chi connectivity index (χ1) is 11.8. The second kappa shape index (κ2) is 8.90. The van der Waals surface area contributed by atoms with Crippen molar-refractivity contribution in [3.8, 4) is 10.6 Å². The highest BCUT2D eigenvalue weighted by Crippen LogP contribution is 2.28. The second-order valence-corrected chi connectivity index (χ2v) is 7.62. The molecule has 1 unspecified atom stereocenters. The normalized spacial score (nSPS) is 12.7. The van der Waals surface area contributed by atoms with E-state index in [9.17, 15) is 13.2 Å². The average molecular weight is 384 g/mol. The van der Waals surface area contributed by atoms with Crippen LogP contribution in [0, 0.1) is 0 Å². The Balaban J connectivity index is 1.98. The molecule has 1 atom stereocenters. The number of hydrogen-bond donors (Lipinski definition) is 4. The number of aromatic nitrogens is 1. The Hall–Kier alpha value is -2.01. The van der Waals surface area contributed by atoms with Crippen LogP contribution < -0.4 is 15.2 Å². The third kappa shape index (κ3) is 6.78. The highest BCUT2D eigenvalue weighted by atomic mass is 32.2. The van der Waals surface area contributed by atoms with E-state index in [2.05, 4.69) is 15.0 Å². The Kier molecular flexibility index (Phi) is 6.88. The van der Waals surface area contributed by atoms with Gasteiger partial charge in [-0.2, -0.15) is 8.42 Å². The Morgan fingerprint density at radius 1 is 1.28 bits per heavy atom. The largest absolute Gasteiger partial charge is 0.465 e.